The van der Waals surface area contributed by atoms with E-state index in [1.165, 1.54) is 0 Å². The van der Waals surface area contributed by atoms with Gasteiger partial charge in [0.15, 0.2) is 5.96 Å². The highest BCUT2D eigenvalue weighted by atomic mass is 127. The van der Waals surface area contributed by atoms with Crippen molar-refractivity contribution in [3.63, 3.8) is 0 Å². The van der Waals surface area contributed by atoms with Crippen molar-refractivity contribution >= 4 is 29.9 Å². The Bertz CT molecular complexity index is 427. The van der Waals surface area contributed by atoms with Crippen molar-refractivity contribution in [2.75, 3.05) is 41.0 Å². The smallest absolute Gasteiger partial charge is 0.191 e. The van der Waals surface area contributed by atoms with Crippen molar-refractivity contribution in [3.05, 3.63) is 24.3 Å². The van der Waals surface area contributed by atoms with Gasteiger partial charge in [-0.15, -0.1) is 24.0 Å². The first kappa shape index (κ1) is 20.8. The van der Waals surface area contributed by atoms with Crippen LogP contribution in [-0.4, -0.2) is 53.0 Å². The maximum Gasteiger partial charge on any atom is 0.191 e. The van der Waals surface area contributed by atoms with Gasteiger partial charge in [-0.2, -0.15) is 0 Å². The standard InChI is InChI=1S/C15H25N3O3.HI/c1-12(11-19-3)18-15(16-2)17-9-10-21-14-7-5-13(20-4)6-8-14;/h5-8,12H,9-11H2,1-4H3,(H2,16,17,18);1H. The molecular weight excluding hydrogens is 397 g/mol. The Labute approximate surface area is 149 Å². The van der Waals surface area contributed by atoms with Crippen LogP contribution in [0, 0.1) is 0 Å². The molecule has 0 spiro atoms. The Morgan fingerprint density at radius 3 is 2.36 bits per heavy atom. The topological polar surface area (TPSA) is 64.1 Å². The van der Waals surface area contributed by atoms with Gasteiger partial charge in [0, 0.05) is 20.2 Å². The number of methoxy groups -OCH3 is 2. The number of rotatable bonds is 8. The second kappa shape index (κ2) is 12.3. The predicted octanol–water partition coefficient (Wildman–Crippen LogP) is 1.89. The second-order valence-electron chi connectivity index (χ2n) is 4.52. The fraction of sp³-hybridized carbons (Fsp3) is 0.533. The van der Waals surface area contributed by atoms with E-state index in [1.54, 1.807) is 21.3 Å². The highest BCUT2D eigenvalue weighted by molar-refractivity contribution is 14.0. The highest BCUT2D eigenvalue weighted by Crippen LogP contribution is 2.16. The third kappa shape index (κ3) is 8.28. The first-order valence-corrected chi connectivity index (χ1v) is 6.92. The van der Waals surface area contributed by atoms with Crippen LogP contribution in [0.2, 0.25) is 0 Å². The Balaban J connectivity index is 0.00000441. The number of ether oxygens (including phenoxy) is 3. The van der Waals surface area contributed by atoms with Gasteiger partial charge in [-0.25, -0.2) is 0 Å². The molecule has 0 heterocycles. The molecule has 0 aliphatic carbocycles. The molecule has 0 fully saturated rings. The summed E-state index contributed by atoms with van der Waals surface area (Å²) in [6, 6.07) is 7.70. The lowest BCUT2D eigenvalue weighted by Gasteiger charge is -2.17. The molecule has 2 N–H and O–H groups in total. The van der Waals surface area contributed by atoms with Gasteiger partial charge in [-0.1, -0.05) is 0 Å². The fourth-order valence-electron chi connectivity index (χ4n) is 1.73. The van der Waals surface area contributed by atoms with E-state index in [-0.39, 0.29) is 30.0 Å². The number of benzene rings is 1. The molecular formula is C15H26IN3O3. The normalized spacial score (nSPS) is 12.1. The average molecular weight is 423 g/mol. The number of hydrogen-bond donors (Lipinski definition) is 2. The number of nitrogens with zero attached hydrogens (tertiary/aromatic N) is 1. The van der Waals surface area contributed by atoms with Gasteiger partial charge in [0.1, 0.15) is 18.1 Å². The summed E-state index contributed by atoms with van der Waals surface area (Å²) in [5.41, 5.74) is 0. The molecule has 1 aromatic carbocycles. The molecule has 22 heavy (non-hydrogen) atoms. The Kier molecular flexibility index (Phi) is 11.7. The van der Waals surface area contributed by atoms with E-state index in [1.807, 2.05) is 31.2 Å². The zero-order valence-corrected chi connectivity index (χ0v) is 15.9. The lowest BCUT2D eigenvalue weighted by molar-refractivity contribution is 0.179. The van der Waals surface area contributed by atoms with Crippen LogP contribution in [-0.2, 0) is 4.74 Å². The molecule has 6 nitrogen and oxygen atoms in total. The first-order valence-electron chi connectivity index (χ1n) is 6.92. The molecule has 0 saturated carbocycles. The van der Waals surface area contributed by atoms with Crippen molar-refractivity contribution in [1.82, 2.24) is 10.6 Å². The maximum atomic E-state index is 5.63. The van der Waals surface area contributed by atoms with Gasteiger partial charge < -0.3 is 24.8 Å². The minimum Gasteiger partial charge on any atom is -0.497 e. The van der Waals surface area contributed by atoms with Crippen molar-refractivity contribution in [3.8, 4) is 11.5 Å². The first-order chi connectivity index (χ1) is 10.2. The summed E-state index contributed by atoms with van der Waals surface area (Å²) in [5, 5.41) is 6.41. The largest absolute Gasteiger partial charge is 0.497 e. The summed E-state index contributed by atoms with van der Waals surface area (Å²) in [6.45, 7) is 3.87. The van der Waals surface area contributed by atoms with Crippen LogP contribution < -0.4 is 20.1 Å². The summed E-state index contributed by atoms with van der Waals surface area (Å²) >= 11 is 0. The lowest BCUT2D eigenvalue weighted by Crippen LogP contribution is -2.45. The van der Waals surface area contributed by atoms with Gasteiger partial charge in [0.25, 0.3) is 0 Å². The number of nitrogens with one attached hydrogen (secondary N) is 2. The van der Waals surface area contributed by atoms with Crippen LogP contribution >= 0.6 is 24.0 Å². The molecule has 1 atom stereocenters. The molecule has 0 saturated heterocycles. The van der Waals surface area contributed by atoms with Gasteiger partial charge >= 0.3 is 0 Å². The van der Waals surface area contributed by atoms with E-state index in [9.17, 15) is 0 Å². The number of hydrogen-bond acceptors (Lipinski definition) is 4. The van der Waals surface area contributed by atoms with Crippen molar-refractivity contribution in [1.29, 1.82) is 0 Å². The van der Waals surface area contributed by atoms with Gasteiger partial charge in [0.2, 0.25) is 0 Å². The van der Waals surface area contributed by atoms with Gasteiger partial charge in [0.05, 0.1) is 20.3 Å². The minimum atomic E-state index is 0. The van der Waals surface area contributed by atoms with Crippen molar-refractivity contribution < 1.29 is 14.2 Å². The minimum absolute atomic E-state index is 0. The summed E-state index contributed by atoms with van der Waals surface area (Å²) in [7, 11) is 5.05. The van der Waals surface area contributed by atoms with E-state index in [4.69, 9.17) is 14.2 Å². The Morgan fingerprint density at radius 2 is 1.82 bits per heavy atom. The molecule has 0 aliphatic heterocycles. The van der Waals surface area contributed by atoms with Crippen molar-refractivity contribution in [2.45, 2.75) is 13.0 Å². The molecule has 7 heteroatoms. The van der Waals surface area contributed by atoms with E-state index in [2.05, 4.69) is 15.6 Å². The number of guanidine groups is 1. The van der Waals surface area contributed by atoms with Crippen LogP contribution in [0.1, 0.15) is 6.92 Å². The van der Waals surface area contributed by atoms with Crippen molar-refractivity contribution in [2.24, 2.45) is 4.99 Å². The third-order valence-corrected chi connectivity index (χ3v) is 2.75. The average Bonchev–Trinajstić information content (AvgIpc) is 2.51. The zero-order valence-electron chi connectivity index (χ0n) is 13.6. The molecule has 0 amide bonds. The van der Waals surface area contributed by atoms with Crippen LogP contribution in [0.4, 0.5) is 0 Å². The maximum absolute atomic E-state index is 5.63. The van der Waals surface area contributed by atoms with Gasteiger partial charge in [-0.05, 0) is 31.2 Å². The summed E-state index contributed by atoms with van der Waals surface area (Å²) in [4.78, 5) is 4.14. The summed E-state index contributed by atoms with van der Waals surface area (Å²) in [6.07, 6.45) is 0. The Morgan fingerprint density at radius 1 is 1.18 bits per heavy atom. The SMILES string of the molecule is CN=C(NCCOc1ccc(OC)cc1)NC(C)COC.I. The summed E-state index contributed by atoms with van der Waals surface area (Å²) < 4.78 is 15.8. The molecule has 126 valence electrons. The molecule has 0 bridgehead atoms. The van der Waals surface area contributed by atoms with Crippen LogP contribution in [0.3, 0.4) is 0 Å². The van der Waals surface area contributed by atoms with Crippen LogP contribution in [0.15, 0.2) is 29.3 Å². The molecule has 1 aromatic rings. The molecule has 1 unspecified atom stereocenters. The van der Waals surface area contributed by atoms with E-state index in [0.717, 1.165) is 17.5 Å². The monoisotopic (exact) mass is 423 g/mol. The number of halogens is 1. The number of aliphatic imine (C=N–C) groups is 1. The molecule has 0 radical (unpaired) electrons. The molecule has 0 aromatic heterocycles. The fourth-order valence-corrected chi connectivity index (χ4v) is 1.73. The van der Waals surface area contributed by atoms with Gasteiger partial charge in [-0.3, -0.25) is 4.99 Å². The lowest BCUT2D eigenvalue weighted by atomic mass is 10.3. The molecule has 0 aliphatic rings. The molecule has 1 rings (SSSR count). The van der Waals surface area contributed by atoms with Crippen LogP contribution in [0.5, 0.6) is 11.5 Å². The third-order valence-electron chi connectivity index (χ3n) is 2.75. The quantitative estimate of drug-likeness (QED) is 0.290. The summed E-state index contributed by atoms with van der Waals surface area (Å²) in [5.74, 6) is 2.36. The zero-order chi connectivity index (χ0) is 15.5. The van der Waals surface area contributed by atoms with E-state index < -0.39 is 0 Å². The second-order valence-corrected chi connectivity index (χ2v) is 4.52. The predicted molar refractivity (Wildman–Crippen MR) is 99.7 cm³/mol. The van der Waals surface area contributed by atoms with E-state index in [0.29, 0.717) is 19.8 Å². The highest BCUT2D eigenvalue weighted by Gasteiger charge is 2.04. The van der Waals surface area contributed by atoms with E-state index >= 15 is 0 Å². The Hall–Kier alpha value is -1.22. The van der Waals surface area contributed by atoms with Crippen LogP contribution in [0.25, 0.3) is 0 Å².